The zero-order valence-electron chi connectivity index (χ0n) is 10.1. The van der Waals surface area contributed by atoms with Crippen LogP contribution in [0.2, 0.25) is 5.02 Å². The minimum Gasteiger partial charge on any atom is -0.207 e. The lowest BCUT2D eigenvalue weighted by molar-refractivity contribution is 0.412. The summed E-state index contributed by atoms with van der Waals surface area (Å²) in [4.78, 5) is 0.293. The van der Waals surface area contributed by atoms with E-state index in [0.717, 1.165) is 12.8 Å². The predicted octanol–water partition coefficient (Wildman–Crippen LogP) is 3.52. The lowest BCUT2D eigenvalue weighted by atomic mass is 10.4. The van der Waals surface area contributed by atoms with Gasteiger partial charge in [0.2, 0.25) is 10.0 Å². The Hall–Kier alpha value is -0.100. The van der Waals surface area contributed by atoms with Gasteiger partial charge in [0.05, 0.1) is 9.92 Å². The van der Waals surface area contributed by atoms with Crippen LogP contribution in [0.3, 0.4) is 0 Å². The summed E-state index contributed by atoms with van der Waals surface area (Å²) in [5.74, 6) is 0.537. The molecule has 0 radical (unpaired) electrons. The maximum atomic E-state index is 12.5. The molecule has 0 amide bonds. The van der Waals surface area contributed by atoms with Crippen molar-refractivity contribution in [3.8, 4) is 0 Å². The Bertz CT molecular complexity index is 543. The van der Waals surface area contributed by atoms with Crippen LogP contribution in [0.5, 0.6) is 0 Å². The summed E-state index contributed by atoms with van der Waals surface area (Å²) in [5, 5.41) is 0.513. The van der Waals surface area contributed by atoms with Crippen LogP contribution < -0.4 is 0 Å². The maximum Gasteiger partial charge on any atom is 0.243 e. The highest BCUT2D eigenvalue weighted by molar-refractivity contribution is 9.10. The molecule has 1 aromatic rings. The minimum atomic E-state index is -3.40. The van der Waals surface area contributed by atoms with E-state index in [1.807, 2.05) is 6.92 Å². The van der Waals surface area contributed by atoms with Gasteiger partial charge in [-0.2, -0.15) is 4.31 Å². The van der Waals surface area contributed by atoms with E-state index in [1.165, 1.54) is 0 Å². The summed E-state index contributed by atoms with van der Waals surface area (Å²) in [5.41, 5.74) is 0. The molecule has 0 N–H and O–H groups in total. The second kappa shape index (κ2) is 5.49. The Kier molecular flexibility index (Phi) is 4.36. The number of halogens is 2. The first-order chi connectivity index (χ1) is 8.45. The topological polar surface area (TPSA) is 37.4 Å². The van der Waals surface area contributed by atoms with Gasteiger partial charge in [0.25, 0.3) is 0 Å². The second-order valence-electron chi connectivity index (χ2n) is 4.47. The van der Waals surface area contributed by atoms with Gasteiger partial charge >= 0.3 is 0 Å². The quantitative estimate of drug-likeness (QED) is 0.813. The number of benzene rings is 1. The van der Waals surface area contributed by atoms with Crippen molar-refractivity contribution >= 4 is 37.6 Å². The third kappa shape index (κ3) is 3.07. The van der Waals surface area contributed by atoms with Gasteiger partial charge in [-0.05, 0) is 52.9 Å². The highest BCUT2D eigenvalue weighted by Gasteiger charge is 2.30. The molecule has 0 unspecified atom stereocenters. The summed E-state index contributed by atoms with van der Waals surface area (Å²) in [6, 6.07) is 4.72. The number of sulfonamides is 1. The van der Waals surface area contributed by atoms with Crippen molar-refractivity contribution in [2.75, 3.05) is 13.1 Å². The van der Waals surface area contributed by atoms with Gasteiger partial charge < -0.3 is 0 Å². The summed E-state index contributed by atoms with van der Waals surface area (Å²) in [6.07, 6.45) is 2.27. The standard InChI is InChI=1S/C12H15BrClNO2S/c1-2-15(8-9-3-4-9)18(16,17)10-5-6-12(14)11(13)7-10/h5-7,9H,2-4,8H2,1H3. The van der Waals surface area contributed by atoms with E-state index in [-0.39, 0.29) is 0 Å². The molecule has 18 heavy (non-hydrogen) atoms. The van der Waals surface area contributed by atoms with Gasteiger partial charge in [-0.25, -0.2) is 8.42 Å². The van der Waals surface area contributed by atoms with Gasteiger partial charge in [-0.15, -0.1) is 0 Å². The van der Waals surface area contributed by atoms with E-state index in [1.54, 1.807) is 22.5 Å². The molecule has 0 atom stereocenters. The van der Waals surface area contributed by atoms with Crippen molar-refractivity contribution in [2.45, 2.75) is 24.7 Å². The normalized spacial score (nSPS) is 16.2. The number of hydrogen-bond donors (Lipinski definition) is 0. The zero-order valence-corrected chi connectivity index (χ0v) is 13.2. The summed E-state index contributed by atoms with van der Waals surface area (Å²) in [7, 11) is -3.40. The maximum absolute atomic E-state index is 12.5. The molecule has 1 aromatic carbocycles. The molecule has 0 aliphatic heterocycles. The molecule has 1 aliphatic carbocycles. The van der Waals surface area contributed by atoms with Crippen LogP contribution in [-0.2, 0) is 10.0 Å². The van der Waals surface area contributed by atoms with Crippen molar-refractivity contribution in [2.24, 2.45) is 5.92 Å². The Morgan fingerprint density at radius 3 is 2.61 bits per heavy atom. The smallest absolute Gasteiger partial charge is 0.207 e. The molecule has 0 bridgehead atoms. The first-order valence-electron chi connectivity index (χ1n) is 5.90. The molecule has 3 nitrogen and oxygen atoms in total. The van der Waals surface area contributed by atoms with Crippen LogP contribution in [0.1, 0.15) is 19.8 Å². The minimum absolute atomic E-state index is 0.293. The van der Waals surface area contributed by atoms with Crippen LogP contribution in [-0.4, -0.2) is 25.8 Å². The molecule has 0 aromatic heterocycles. The van der Waals surface area contributed by atoms with Gasteiger partial charge in [0, 0.05) is 17.6 Å². The van der Waals surface area contributed by atoms with Crippen molar-refractivity contribution in [3.63, 3.8) is 0 Å². The molecule has 1 aliphatic rings. The molecular formula is C12H15BrClNO2S. The van der Waals surface area contributed by atoms with Crippen molar-refractivity contribution in [3.05, 3.63) is 27.7 Å². The molecule has 0 saturated heterocycles. The summed E-state index contributed by atoms with van der Waals surface area (Å²) < 4.78 is 27.1. The molecule has 2 rings (SSSR count). The fraction of sp³-hybridized carbons (Fsp3) is 0.500. The fourth-order valence-corrected chi connectivity index (χ4v) is 3.97. The Labute approximate surface area is 121 Å². The third-order valence-corrected chi connectivity index (χ3v) is 6.19. The van der Waals surface area contributed by atoms with E-state index in [2.05, 4.69) is 15.9 Å². The first kappa shape index (κ1) is 14.3. The van der Waals surface area contributed by atoms with Crippen LogP contribution in [0.4, 0.5) is 0 Å². The van der Waals surface area contributed by atoms with Gasteiger partial charge in [-0.1, -0.05) is 18.5 Å². The Morgan fingerprint density at radius 2 is 2.11 bits per heavy atom. The highest BCUT2D eigenvalue weighted by atomic mass is 79.9. The number of nitrogens with zero attached hydrogens (tertiary/aromatic N) is 1. The highest BCUT2D eigenvalue weighted by Crippen LogP contribution is 2.32. The number of hydrogen-bond acceptors (Lipinski definition) is 2. The van der Waals surface area contributed by atoms with E-state index >= 15 is 0 Å². The zero-order chi connectivity index (χ0) is 13.3. The second-order valence-corrected chi connectivity index (χ2v) is 7.67. The Morgan fingerprint density at radius 1 is 1.44 bits per heavy atom. The lowest BCUT2D eigenvalue weighted by Gasteiger charge is -2.20. The molecule has 6 heteroatoms. The largest absolute Gasteiger partial charge is 0.243 e. The van der Waals surface area contributed by atoms with Crippen molar-refractivity contribution in [1.29, 1.82) is 0 Å². The van der Waals surface area contributed by atoms with Gasteiger partial charge in [-0.3, -0.25) is 0 Å². The molecular weight excluding hydrogens is 338 g/mol. The molecule has 1 saturated carbocycles. The average molecular weight is 353 g/mol. The molecule has 0 spiro atoms. The van der Waals surface area contributed by atoms with Crippen molar-refractivity contribution < 1.29 is 8.42 Å². The van der Waals surface area contributed by atoms with Crippen LogP contribution in [0, 0.1) is 5.92 Å². The monoisotopic (exact) mass is 351 g/mol. The predicted molar refractivity (Wildman–Crippen MR) is 76.3 cm³/mol. The molecule has 0 heterocycles. The number of rotatable bonds is 5. The van der Waals surface area contributed by atoms with Gasteiger partial charge in [0.15, 0.2) is 0 Å². The SMILES string of the molecule is CCN(CC1CC1)S(=O)(=O)c1ccc(Cl)c(Br)c1. The Balaban J connectivity index is 2.29. The van der Waals surface area contributed by atoms with E-state index in [0.29, 0.717) is 33.4 Å². The average Bonchev–Trinajstić information content (AvgIpc) is 3.13. The molecule has 100 valence electrons. The van der Waals surface area contributed by atoms with Crippen LogP contribution >= 0.6 is 27.5 Å². The third-order valence-electron chi connectivity index (χ3n) is 3.04. The van der Waals surface area contributed by atoms with Crippen LogP contribution in [0.15, 0.2) is 27.6 Å². The lowest BCUT2D eigenvalue weighted by Crippen LogP contribution is -2.32. The fourth-order valence-electron chi connectivity index (χ4n) is 1.77. The van der Waals surface area contributed by atoms with Crippen LogP contribution in [0.25, 0.3) is 0 Å². The van der Waals surface area contributed by atoms with Crippen molar-refractivity contribution in [1.82, 2.24) is 4.31 Å². The molecule has 1 fully saturated rings. The van der Waals surface area contributed by atoms with E-state index < -0.39 is 10.0 Å². The summed E-state index contributed by atoms with van der Waals surface area (Å²) >= 11 is 9.14. The first-order valence-corrected chi connectivity index (χ1v) is 8.51. The van der Waals surface area contributed by atoms with E-state index in [9.17, 15) is 8.42 Å². The van der Waals surface area contributed by atoms with Gasteiger partial charge in [0.1, 0.15) is 0 Å². The summed E-state index contributed by atoms with van der Waals surface area (Å²) in [6.45, 7) is 2.99. The van der Waals surface area contributed by atoms with E-state index in [4.69, 9.17) is 11.6 Å².